The van der Waals surface area contributed by atoms with Crippen LogP contribution in [0.2, 0.25) is 0 Å². The minimum Gasteiger partial charge on any atom is -1.00 e. The molecule has 0 heterocycles. The quantitative estimate of drug-likeness (QED) is 0.703. The number of ether oxygens (including phenoxy) is 1. The Labute approximate surface area is 91.9 Å². The molecule has 1 aromatic carbocycles. The summed E-state index contributed by atoms with van der Waals surface area (Å²) >= 11 is 0. The van der Waals surface area contributed by atoms with Crippen LogP contribution in [0.25, 0.3) is 0 Å². The van der Waals surface area contributed by atoms with Gasteiger partial charge in [0.1, 0.15) is 12.4 Å². The van der Waals surface area contributed by atoms with Gasteiger partial charge in [0.15, 0.2) is 0 Å². The van der Waals surface area contributed by atoms with Gasteiger partial charge in [0.25, 0.3) is 0 Å². The van der Waals surface area contributed by atoms with Crippen molar-refractivity contribution in [3.05, 3.63) is 29.3 Å². The lowest BCUT2D eigenvalue weighted by Gasteiger charge is -2.09. The molecule has 2 nitrogen and oxygen atoms in total. The van der Waals surface area contributed by atoms with Gasteiger partial charge in [-0.2, -0.15) is 0 Å². The summed E-state index contributed by atoms with van der Waals surface area (Å²) in [4.78, 5) is 0. The maximum Gasteiger partial charge on any atom is 0.119 e. The van der Waals surface area contributed by atoms with Crippen LogP contribution in [0.4, 0.5) is 0 Å². The van der Waals surface area contributed by atoms with Gasteiger partial charge >= 0.3 is 0 Å². The summed E-state index contributed by atoms with van der Waals surface area (Å²) in [6, 6.07) is 6.16. The van der Waals surface area contributed by atoms with E-state index in [1.165, 1.54) is 11.1 Å². The number of nitrogens with two attached hydrogens (primary N) is 1. The molecule has 2 N–H and O–H groups in total. The van der Waals surface area contributed by atoms with Gasteiger partial charge in [0.2, 0.25) is 0 Å². The van der Waals surface area contributed by atoms with Gasteiger partial charge in [0, 0.05) is 6.04 Å². The summed E-state index contributed by atoms with van der Waals surface area (Å²) in [5.74, 6) is 0.903. The molecule has 0 aliphatic carbocycles. The Balaban J connectivity index is 0.00000169. The molecule has 1 unspecified atom stereocenters. The number of halogens is 1. The fraction of sp³-hybridized carbons (Fsp3) is 0.455. The lowest BCUT2D eigenvalue weighted by atomic mass is 10.1. The Hall–Kier alpha value is -0.730. The number of benzene rings is 1. The topological polar surface area (TPSA) is 35.2 Å². The van der Waals surface area contributed by atoms with Gasteiger partial charge in [-0.25, -0.2) is 0 Å². The molecule has 0 fully saturated rings. The lowest BCUT2D eigenvalue weighted by molar-refractivity contribution is -0.00000339. The standard InChI is InChI=1S/C11H17NO.ClH/c1-8-4-5-11(6-9(8)2)13-7-10(3)12;/h4-6,10H,7,12H2,1-3H3;1H/p-1. The maximum atomic E-state index is 5.58. The van der Waals surface area contributed by atoms with Crippen LogP contribution in [0.3, 0.4) is 0 Å². The molecule has 0 bridgehead atoms. The summed E-state index contributed by atoms with van der Waals surface area (Å²) in [7, 11) is 0. The van der Waals surface area contributed by atoms with Crippen molar-refractivity contribution in [1.29, 1.82) is 0 Å². The van der Waals surface area contributed by atoms with Crippen LogP contribution in [0.1, 0.15) is 18.1 Å². The molecule has 0 amide bonds. The van der Waals surface area contributed by atoms with Crippen LogP contribution in [0.5, 0.6) is 5.75 Å². The van der Waals surface area contributed by atoms with Crippen molar-refractivity contribution in [2.75, 3.05) is 6.61 Å². The van der Waals surface area contributed by atoms with E-state index < -0.39 is 0 Å². The number of aryl methyl sites for hydroxylation is 2. The highest BCUT2D eigenvalue weighted by molar-refractivity contribution is 5.33. The van der Waals surface area contributed by atoms with E-state index in [1.54, 1.807) is 0 Å². The molecule has 0 radical (unpaired) electrons. The van der Waals surface area contributed by atoms with Crippen molar-refractivity contribution in [3.63, 3.8) is 0 Å². The average Bonchev–Trinajstić information content (AvgIpc) is 2.07. The minimum absolute atomic E-state index is 0. The monoisotopic (exact) mass is 214 g/mol. The normalized spacial score (nSPS) is 11.7. The van der Waals surface area contributed by atoms with Crippen molar-refractivity contribution >= 4 is 0 Å². The third-order valence-corrected chi connectivity index (χ3v) is 1.99. The third kappa shape index (κ3) is 3.99. The number of rotatable bonds is 3. The first-order chi connectivity index (χ1) is 6.09. The van der Waals surface area contributed by atoms with Gasteiger partial charge in [-0.1, -0.05) is 6.07 Å². The van der Waals surface area contributed by atoms with Crippen LogP contribution in [-0.4, -0.2) is 12.6 Å². The Kier molecular flexibility index (Phi) is 5.58. The summed E-state index contributed by atoms with van der Waals surface area (Å²) in [5.41, 5.74) is 8.12. The Morgan fingerprint density at radius 3 is 2.43 bits per heavy atom. The molecule has 1 rings (SSSR count). The number of hydrogen-bond acceptors (Lipinski definition) is 2. The fourth-order valence-electron chi connectivity index (χ4n) is 1.03. The average molecular weight is 215 g/mol. The highest BCUT2D eigenvalue weighted by Gasteiger charge is 1.98. The van der Waals surface area contributed by atoms with Crippen molar-refractivity contribution in [2.45, 2.75) is 26.8 Å². The highest BCUT2D eigenvalue weighted by atomic mass is 35.5. The maximum absolute atomic E-state index is 5.58. The van der Waals surface area contributed by atoms with E-state index in [1.807, 2.05) is 19.1 Å². The minimum atomic E-state index is 0. The molecule has 80 valence electrons. The zero-order chi connectivity index (χ0) is 9.84. The van der Waals surface area contributed by atoms with Gasteiger partial charge < -0.3 is 22.9 Å². The van der Waals surface area contributed by atoms with E-state index in [0.29, 0.717) is 6.61 Å². The van der Waals surface area contributed by atoms with Crippen LogP contribution in [-0.2, 0) is 0 Å². The second-order valence-corrected chi connectivity index (χ2v) is 3.53. The second kappa shape index (κ2) is 5.89. The first-order valence-electron chi connectivity index (χ1n) is 4.55. The van der Waals surface area contributed by atoms with E-state index in [9.17, 15) is 0 Å². The summed E-state index contributed by atoms with van der Waals surface area (Å²) in [6.45, 7) is 6.67. The Morgan fingerprint density at radius 1 is 1.29 bits per heavy atom. The number of hydrogen-bond donors (Lipinski definition) is 1. The van der Waals surface area contributed by atoms with Crippen LogP contribution in [0, 0.1) is 13.8 Å². The van der Waals surface area contributed by atoms with Crippen molar-refractivity contribution in [2.24, 2.45) is 5.73 Å². The predicted molar refractivity (Wildman–Crippen MR) is 55.1 cm³/mol. The van der Waals surface area contributed by atoms with Crippen LogP contribution in [0.15, 0.2) is 18.2 Å². The summed E-state index contributed by atoms with van der Waals surface area (Å²) < 4.78 is 5.48. The molecule has 0 saturated heterocycles. The van der Waals surface area contributed by atoms with Crippen molar-refractivity contribution in [3.8, 4) is 5.75 Å². The van der Waals surface area contributed by atoms with Crippen molar-refractivity contribution in [1.82, 2.24) is 0 Å². The van der Waals surface area contributed by atoms with Gasteiger partial charge in [0.05, 0.1) is 0 Å². The van der Waals surface area contributed by atoms with E-state index in [-0.39, 0.29) is 18.4 Å². The molecule has 0 saturated carbocycles. The molecular weight excluding hydrogens is 198 g/mol. The molecule has 14 heavy (non-hydrogen) atoms. The highest BCUT2D eigenvalue weighted by Crippen LogP contribution is 2.16. The molecule has 3 heteroatoms. The summed E-state index contributed by atoms with van der Waals surface area (Å²) in [5, 5.41) is 0. The van der Waals surface area contributed by atoms with Gasteiger partial charge in [-0.15, -0.1) is 0 Å². The molecule has 0 aliphatic rings. The third-order valence-electron chi connectivity index (χ3n) is 1.99. The van der Waals surface area contributed by atoms with Crippen LogP contribution >= 0.6 is 0 Å². The van der Waals surface area contributed by atoms with Crippen molar-refractivity contribution < 1.29 is 17.1 Å². The van der Waals surface area contributed by atoms with E-state index in [0.717, 1.165) is 5.75 Å². The predicted octanol–water partition coefficient (Wildman–Crippen LogP) is -0.967. The van der Waals surface area contributed by atoms with Crippen LogP contribution < -0.4 is 22.9 Å². The van der Waals surface area contributed by atoms with E-state index in [4.69, 9.17) is 10.5 Å². The molecule has 1 atom stereocenters. The SMILES string of the molecule is Cc1ccc(OCC(C)N)cc1C.[Cl-]. The first-order valence-corrected chi connectivity index (χ1v) is 4.55. The van der Waals surface area contributed by atoms with Gasteiger partial charge in [-0.05, 0) is 44.0 Å². The molecule has 0 aliphatic heterocycles. The fourth-order valence-corrected chi connectivity index (χ4v) is 1.03. The first kappa shape index (κ1) is 13.3. The smallest absolute Gasteiger partial charge is 0.119 e. The van der Waals surface area contributed by atoms with Gasteiger partial charge in [-0.3, -0.25) is 0 Å². The zero-order valence-corrected chi connectivity index (χ0v) is 9.64. The Morgan fingerprint density at radius 2 is 1.93 bits per heavy atom. The lowest BCUT2D eigenvalue weighted by Crippen LogP contribution is -3.00. The molecule has 0 spiro atoms. The summed E-state index contributed by atoms with van der Waals surface area (Å²) in [6.07, 6.45) is 0. The molecule has 1 aromatic rings. The second-order valence-electron chi connectivity index (χ2n) is 3.53. The van der Waals surface area contributed by atoms with E-state index >= 15 is 0 Å². The zero-order valence-electron chi connectivity index (χ0n) is 8.88. The molecular formula is C11H17ClNO-. The van der Waals surface area contributed by atoms with E-state index in [2.05, 4.69) is 19.9 Å². The largest absolute Gasteiger partial charge is 1.00 e. The Bertz CT molecular complexity index is 287. The molecule has 0 aromatic heterocycles.